The van der Waals surface area contributed by atoms with E-state index in [0.717, 1.165) is 36.1 Å². The van der Waals surface area contributed by atoms with Gasteiger partial charge in [0.25, 0.3) is 0 Å². The number of hydrogen-bond donors (Lipinski definition) is 1. The van der Waals surface area contributed by atoms with Crippen LogP contribution < -0.4 is 5.32 Å². The molecule has 0 radical (unpaired) electrons. The van der Waals surface area contributed by atoms with Gasteiger partial charge in [0.15, 0.2) is 0 Å². The van der Waals surface area contributed by atoms with E-state index in [0.29, 0.717) is 6.04 Å². The predicted molar refractivity (Wildman–Crippen MR) is 76.6 cm³/mol. The zero-order chi connectivity index (χ0) is 12.7. The van der Waals surface area contributed by atoms with Crippen LogP contribution in [-0.2, 0) is 0 Å². The summed E-state index contributed by atoms with van der Waals surface area (Å²) in [5.74, 6) is 5.37. The molecule has 2 nitrogen and oxygen atoms in total. The number of rotatable bonds is 5. The fraction of sp³-hybridized carbons (Fsp3) is 1.00. The predicted octanol–water partition coefficient (Wildman–Crippen LogP) is 2.60. The molecule has 4 bridgehead atoms. The first-order valence-electron chi connectivity index (χ1n) is 8.00. The van der Waals surface area contributed by atoms with E-state index in [1.807, 2.05) is 0 Å². The van der Waals surface area contributed by atoms with Crippen LogP contribution in [0.1, 0.15) is 39.0 Å². The molecule has 1 N–H and O–H groups in total. The van der Waals surface area contributed by atoms with Gasteiger partial charge in [0, 0.05) is 12.6 Å². The van der Waals surface area contributed by atoms with E-state index in [1.165, 1.54) is 6.54 Å². The van der Waals surface area contributed by atoms with Crippen molar-refractivity contribution in [2.75, 3.05) is 27.2 Å². The molecule has 0 aromatic heterocycles. The van der Waals surface area contributed by atoms with Crippen LogP contribution in [0.4, 0.5) is 0 Å². The fourth-order valence-electron chi connectivity index (χ4n) is 5.32. The fourth-order valence-corrected chi connectivity index (χ4v) is 5.32. The summed E-state index contributed by atoms with van der Waals surface area (Å²) in [5.41, 5.74) is 0. The average molecular weight is 250 g/mol. The van der Waals surface area contributed by atoms with Gasteiger partial charge in [-0.15, -0.1) is 0 Å². The first kappa shape index (κ1) is 12.9. The topological polar surface area (TPSA) is 15.3 Å². The summed E-state index contributed by atoms with van der Waals surface area (Å²) < 4.78 is 0. The van der Waals surface area contributed by atoms with Crippen LogP contribution in [0.15, 0.2) is 0 Å². The second kappa shape index (κ2) is 5.13. The SMILES string of the molecule is CC(CN(C)C)NCC1C2CC3CC(C2)CC1C3. The second-order valence-corrected chi connectivity index (χ2v) is 7.67. The Morgan fingerprint density at radius 3 is 2.06 bits per heavy atom. The Labute approximate surface area is 113 Å². The third-order valence-corrected chi connectivity index (χ3v) is 5.76. The van der Waals surface area contributed by atoms with Gasteiger partial charge in [0.2, 0.25) is 0 Å². The van der Waals surface area contributed by atoms with E-state index in [-0.39, 0.29) is 0 Å². The van der Waals surface area contributed by atoms with Crippen molar-refractivity contribution in [2.24, 2.45) is 29.6 Å². The van der Waals surface area contributed by atoms with E-state index in [4.69, 9.17) is 0 Å². The van der Waals surface area contributed by atoms with E-state index in [2.05, 4.69) is 31.2 Å². The lowest BCUT2D eigenvalue weighted by Gasteiger charge is -2.54. The highest BCUT2D eigenvalue weighted by molar-refractivity contribution is 4.98. The van der Waals surface area contributed by atoms with Gasteiger partial charge in [-0.2, -0.15) is 0 Å². The first-order chi connectivity index (χ1) is 8.61. The zero-order valence-electron chi connectivity index (χ0n) is 12.4. The number of nitrogens with one attached hydrogen (secondary N) is 1. The van der Waals surface area contributed by atoms with Gasteiger partial charge < -0.3 is 10.2 Å². The van der Waals surface area contributed by atoms with Crippen molar-refractivity contribution in [1.29, 1.82) is 0 Å². The lowest BCUT2D eigenvalue weighted by Crippen LogP contribution is -2.50. The standard InChI is InChI=1S/C16H30N2/c1-11(10-18(2)3)17-9-16-14-5-12-4-13(7-14)8-15(16)6-12/h11-17H,4-10H2,1-3H3. The molecule has 4 saturated carbocycles. The highest BCUT2D eigenvalue weighted by Gasteiger charge is 2.47. The van der Waals surface area contributed by atoms with E-state index in [1.54, 1.807) is 32.1 Å². The molecule has 4 rings (SSSR count). The molecule has 4 aliphatic carbocycles. The molecular formula is C16H30N2. The van der Waals surface area contributed by atoms with Gasteiger partial charge >= 0.3 is 0 Å². The molecule has 0 aromatic carbocycles. The Hall–Kier alpha value is -0.0800. The largest absolute Gasteiger partial charge is 0.313 e. The molecule has 0 saturated heterocycles. The van der Waals surface area contributed by atoms with Crippen LogP contribution in [0.2, 0.25) is 0 Å². The Bertz CT molecular complexity index is 259. The van der Waals surface area contributed by atoms with Gasteiger partial charge in [0.05, 0.1) is 0 Å². The molecule has 4 fully saturated rings. The second-order valence-electron chi connectivity index (χ2n) is 7.67. The Morgan fingerprint density at radius 1 is 1.00 bits per heavy atom. The van der Waals surface area contributed by atoms with Crippen molar-refractivity contribution in [3.63, 3.8) is 0 Å². The number of nitrogens with zero attached hydrogens (tertiary/aromatic N) is 1. The van der Waals surface area contributed by atoms with Gasteiger partial charge in [0.1, 0.15) is 0 Å². The molecule has 18 heavy (non-hydrogen) atoms. The van der Waals surface area contributed by atoms with Gasteiger partial charge in [-0.25, -0.2) is 0 Å². The maximum atomic E-state index is 3.80. The summed E-state index contributed by atoms with van der Waals surface area (Å²) >= 11 is 0. The highest BCUT2D eigenvalue weighted by Crippen LogP contribution is 2.56. The summed E-state index contributed by atoms with van der Waals surface area (Å²) in [7, 11) is 4.34. The maximum Gasteiger partial charge on any atom is 0.0166 e. The van der Waals surface area contributed by atoms with Gasteiger partial charge in [-0.1, -0.05) is 0 Å². The lowest BCUT2D eigenvalue weighted by molar-refractivity contribution is -0.0363. The van der Waals surface area contributed by atoms with Crippen LogP contribution in [-0.4, -0.2) is 38.1 Å². The third kappa shape index (κ3) is 2.60. The quantitative estimate of drug-likeness (QED) is 0.807. The van der Waals surface area contributed by atoms with Crippen LogP contribution in [0, 0.1) is 29.6 Å². The molecule has 2 heteroatoms. The highest BCUT2D eigenvalue weighted by atomic mass is 15.1. The molecule has 0 spiro atoms. The van der Waals surface area contributed by atoms with E-state index in [9.17, 15) is 0 Å². The third-order valence-electron chi connectivity index (χ3n) is 5.76. The summed E-state index contributed by atoms with van der Waals surface area (Å²) in [6, 6.07) is 0.636. The van der Waals surface area contributed by atoms with Crippen LogP contribution in [0.25, 0.3) is 0 Å². The molecule has 0 amide bonds. The van der Waals surface area contributed by atoms with Crippen molar-refractivity contribution in [1.82, 2.24) is 10.2 Å². The molecule has 0 aliphatic heterocycles. The molecule has 4 aliphatic rings. The molecule has 0 aromatic rings. The summed E-state index contributed by atoms with van der Waals surface area (Å²) in [5, 5.41) is 3.80. The molecule has 0 heterocycles. The van der Waals surface area contributed by atoms with Crippen LogP contribution in [0.5, 0.6) is 0 Å². The van der Waals surface area contributed by atoms with Crippen LogP contribution in [0.3, 0.4) is 0 Å². The molecule has 104 valence electrons. The smallest absolute Gasteiger partial charge is 0.0166 e. The zero-order valence-corrected chi connectivity index (χ0v) is 12.4. The summed E-state index contributed by atoms with van der Waals surface area (Å²) in [6.07, 6.45) is 7.80. The normalized spacial score (nSPS) is 43.7. The number of hydrogen-bond acceptors (Lipinski definition) is 2. The Kier molecular flexibility index (Phi) is 3.68. The molecular weight excluding hydrogens is 220 g/mol. The van der Waals surface area contributed by atoms with Crippen LogP contribution >= 0.6 is 0 Å². The van der Waals surface area contributed by atoms with Crippen molar-refractivity contribution in [2.45, 2.75) is 45.1 Å². The minimum atomic E-state index is 0.636. The van der Waals surface area contributed by atoms with Crippen molar-refractivity contribution in [3.8, 4) is 0 Å². The monoisotopic (exact) mass is 250 g/mol. The maximum absolute atomic E-state index is 3.80. The van der Waals surface area contributed by atoms with E-state index >= 15 is 0 Å². The molecule has 1 atom stereocenters. The number of likely N-dealkylation sites (N-methyl/N-ethyl adjacent to an activating group) is 1. The first-order valence-corrected chi connectivity index (χ1v) is 8.00. The lowest BCUT2D eigenvalue weighted by atomic mass is 9.52. The van der Waals surface area contributed by atoms with Crippen molar-refractivity contribution >= 4 is 0 Å². The minimum Gasteiger partial charge on any atom is -0.313 e. The molecule has 1 unspecified atom stereocenters. The van der Waals surface area contributed by atoms with Gasteiger partial charge in [-0.05, 0) is 89.3 Å². The Balaban J connectivity index is 1.51. The summed E-state index contributed by atoms with van der Waals surface area (Å²) in [4.78, 5) is 2.29. The van der Waals surface area contributed by atoms with Crippen molar-refractivity contribution < 1.29 is 0 Å². The summed E-state index contributed by atoms with van der Waals surface area (Å²) in [6.45, 7) is 4.77. The Morgan fingerprint density at radius 2 is 1.56 bits per heavy atom. The van der Waals surface area contributed by atoms with Crippen molar-refractivity contribution in [3.05, 3.63) is 0 Å². The van der Waals surface area contributed by atoms with E-state index < -0.39 is 0 Å². The average Bonchev–Trinajstić information content (AvgIpc) is 2.25. The minimum absolute atomic E-state index is 0.636. The van der Waals surface area contributed by atoms with Gasteiger partial charge in [-0.3, -0.25) is 0 Å².